The number of thioether (sulfide) groups is 1. The van der Waals surface area contributed by atoms with Crippen LogP contribution in [-0.4, -0.2) is 12.1 Å². The number of anilines is 1. The number of pyridine rings is 1. The molecule has 2 rings (SSSR count). The van der Waals surface area contributed by atoms with Gasteiger partial charge in [0.15, 0.2) is 0 Å². The second kappa shape index (κ2) is 5.59. The van der Waals surface area contributed by atoms with Gasteiger partial charge in [-0.05, 0) is 18.2 Å². The van der Waals surface area contributed by atoms with Gasteiger partial charge in [-0.2, -0.15) is 0 Å². The van der Waals surface area contributed by atoms with Crippen molar-refractivity contribution >= 4 is 17.4 Å². The van der Waals surface area contributed by atoms with E-state index in [4.69, 9.17) is 10.5 Å². The average molecular weight is 246 g/mol. The fourth-order valence-corrected chi connectivity index (χ4v) is 2.29. The number of methoxy groups -OCH3 is 1. The van der Waals surface area contributed by atoms with Gasteiger partial charge in [-0.1, -0.05) is 18.2 Å². The first-order valence-corrected chi connectivity index (χ1v) is 6.25. The maximum Gasteiger partial charge on any atom is 0.213 e. The maximum atomic E-state index is 5.87. The van der Waals surface area contributed by atoms with Crippen molar-refractivity contribution < 1.29 is 4.74 Å². The first-order valence-electron chi connectivity index (χ1n) is 5.27. The van der Waals surface area contributed by atoms with Gasteiger partial charge in [-0.25, -0.2) is 4.98 Å². The Bertz CT molecular complexity index is 502. The Morgan fingerprint density at radius 2 is 2.00 bits per heavy atom. The minimum Gasteiger partial charge on any atom is -0.481 e. The van der Waals surface area contributed by atoms with E-state index in [9.17, 15) is 0 Å². The molecular formula is C13H14N2OS. The van der Waals surface area contributed by atoms with Gasteiger partial charge in [0.25, 0.3) is 0 Å². The minimum atomic E-state index is 0.643. The number of ether oxygens (including phenoxy) is 1. The molecule has 0 unspecified atom stereocenters. The normalized spacial score (nSPS) is 10.2. The van der Waals surface area contributed by atoms with Crippen LogP contribution in [0.2, 0.25) is 0 Å². The number of nitrogens with zero attached hydrogens (tertiary/aromatic N) is 1. The van der Waals surface area contributed by atoms with Crippen molar-refractivity contribution in [1.82, 2.24) is 4.98 Å². The van der Waals surface area contributed by atoms with Crippen LogP contribution < -0.4 is 10.5 Å². The van der Waals surface area contributed by atoms with Gasteiger partial charge in [0.2, 0.25) is 5.88 Å². The van der Waals surface area contributed by atoms with E-state index in [-0.39, 0.29) is 0 Å². The number of aromatic nitrogens is 1. The fraction of sp³-hybridized carbons (Fsp3) is 0.154. The lowest BCUT2D eigenvalue weighted by Gasteiger charge is -2.05. The molecule has 0 fully saturated rings. The third kappa shape index (κ3) is 3.14. The molecule has 88 valence electrons. The van der Waals surface area contributed by atoms with Crippen molar-refractivity contribution in [3.8, 4) is 5.88 Å². The minimum absolute atomic E-state index is 0.643. The smallest absolute Gasteiger partial charge is 0.213 e. The van der Waals surface area contributed by atoms with E-state index in [1.165, 1.54) is 0 Å². The van der Waals surface area contributed by atoms with Crippen molar-refractivity contribution in [2.45, 2.75) is 10.6 Å². The molecule has 0 radical (unpaired) electrons. The first kappa shape index (κ1) is 11.8. The maximum absolute atomic E-state index is 5.87. The summed E-state index contributed by atoms with van der Waals surface area (Å²) in [6.07, 6.45) is 0. The summed E-state index contributed by atoms with van der Waals surface area (Å²) < 4.78 is 5.09. The predicted octanol–water partition coefficient (Wildman–Crippen LogP) is 2.96. The number of rotatable bonds is 4. The molecule has 1 heterocycles. The lowest BCUT2D eigenvalue weighted by atomic mass is 10.3. The third-order valence-electron chi connectivity index (χ3n) is 2.28. The van der Waals surface area contributed by atoms with Gasteiger partial charge < -0.3 is 10.5 Å². The summed E-state index contributed by atoms with van der Waals surface area (Å²) in [5, 5.41) is 0. The van der Waals surface area contributed by atoms with Gasteiger partial charge in [0.1, 0.15) is 0 Å². The molecule has 4 heteroatoms. The van der Waals surface area contributed by atoms with E-state index in [0.29, 0.717) is 5.88 Å². The van der Waals surface area contributed by atoms with Gasteiger partial charge in [0, 0.05) is 22.4 Å². The lowest BCUT2D eigenvalue weighted by Crippen LogP contribution is -1.92. The Labute approximate surface area is 105 Å². The first-order chi connectivity index (χ1) is 8.29. The van der Waals surface area contributed by atoms with Crippen LogP contribution in [0.15, 0.2) is 47.4 Å². The molecule has 2 aromatic rings. The highest BCUT2D eigenvalue weighted by Gasteiger charge is 2.01. The van der Waals surface area contributed by atoms with Crippen LogP contribution in [0, 0.1) is 0 Å². The van der Waals surface area contributed by atoms with E-state index >= 15 is 0 Å². The van der Waals surface area contributed by atoms with Gasteiger partial charge in [-0.15, -0.1) is 11.8 Å². The molecule has 0 amide bonds. The predicted molar refractivity (Wildman–Crippen MR) is 71.2 cm³/mol. The molecule has 1 aromatic carbocycles. The molecule has 2 N–H and O–H groups in total. The topological polar surface area (TPSA) is 48.1 Å². The third-order valence-corrected chi connectivity index (χ3v) is 3.41. The summed E-state index contributed by atoms with van der Waals surface area (Å²) in [6.45, 7) is 0. The van der Waals surface area contributed by atoms with Crippen molar-refractivity contribution in [2.75, 3.05) is 12.8 Å². The van der Waals surface area contributed by atoms with Crippen LogP contribution in [0.3, 0.4) is 0 Å². The zero-order chi connectivity index (χ0) is 12.1. The molecule has 0 aliphatic rings. The number of benzene rings is 1. The molecular weight excluding hydrogens is 232 g/mol. The van der Waals surface area contributed by atoms with E-state index in [1.54, 1.807) is 18.9 Å². The average Bonchev–Trinajstić information content (AvgIpc) is 2.38. The second-order valence-corrected chi connectivity index (χ2v) is 4.51. The Kier molecular flexibility index (Phi) is 3.88. The molecule has 0 bridgehead atoms. The van der Waals surface area contributed by atoms with Crippen LogP contribution >= 0.6 is 11.8 Å². The quantitative estimate of drug-likeness (QED) is 0.665. The molecule has 1 aromatic heterocycles. The Morgan fingerprint density at radius 1 is 1.18 bits per heavy atom. The van der Waals surface area contributed by atoms with Gasteiger partial charge in [0.05, 0.1) is 12.8 Å². The summed E-state index contributed by atoms with van der Waals surface area (Å²) in [7, 11) is 1.62. The number of para-hydroxylation sites is 1. The Hall–Kier alpha value is -1.68. The number of nitrogens with two attached hydrogens (primary N) is 1. The number of nitrogen functional groups attached to an aromatic ring is 1. The van der Waals surface area contributed by atoms with Crippen molar-refractivity contribution in [3.63, 3.8) is 0 Å². The van der Waals surface area contributed by atoms with Crippen molar-refractivity contribution in [2.24, 2.45) is 0 Å². The summed E-state index contributed by atoms with van der Waals surface area (Å²) in [4.78, 5) is 5.43. The van der Waals surface area contributed by atoms with Crippen LogP contribution in [0.25, 0.3) is 0 Å². The van der Waals surface area contributed by atoms with Crippen LogP contribution in [0.4, 0.5) is 5.69 Å². The molecule has 0 saturated heterocycles. The van der Waals surface area contributed by atoms with Crippen LogP contribution in [-0.2, 0) is 5.75 Å². The monoisotopic (exact) mass is 246 g/mol. The van der Waals surface area contributed by atoms with Crippen molar-refractivity contribution in [1.29, 1.82) is 0 Å². The van der Waals surface area contributed by atoms with E-state index < -0.39 is 0 Å². The molecule has 3 nitrogen and oxygen atoms in total. The van der Waals surface area contributed by atoms with E-state index in [2.05, 4.69) is 4.98 Å². The summed E-state index contributed by atoms with van der Waals surface area (Å²) in [5.74, 6) is 1.43. The Morgan fingerprint density at radius 3 is 2.76 bits per heavy atom. The lowest BCUT2D eigenvalue weighted by molar-refractivity contribution is 0.397. The molecule has 0 aliphatic heterocycles. The SMILES string of the molecule is COc1cccc(CSc2ccccc2N)n1. The molecule has 0 aliphatic carbocycles. The Balaban J connectivity index is 2.05. The van der Waals surface area contributed by atoms with E-state index in [0.717, 1.165) is 22.0 Å². The standard InChI is InChI=1S/C13H14N2OS/c1-16-13-8-4-5-10(15-13)9-17-12-7-3-2-6-11(12)14/h2-8H,9,14H2,1H3. The highest BCUT2D eigenvalue weighted by atomic mass is 32.2. The summed E-state index contributed by atoms with van der Waals surface area (Å²) >= 11 is 1.68. The molecule has 0 saturated carbocycles. The van der Waals surface area contributed by atoms with Gasteiger partial charge in [-0.3, -0.25) is 0 Å². The molecule has 0 spiro atoms. The zero-order valence-corrected chi connectivity index (χ0v) is 10.4. The zero-order valence-electron chi connectivity index (χ0n) is 9.59. The highest BCUT2D eigenvalue weighted by molar-refractivity contribution is 7.98. The summed E-state index contributed by atoms with van der Waals surface area (Å²) in [6, 6.07) is 13.6. The number of hydrogen-bond donors (Lipinski definition) is 1. The second-order valence-electron chi connectivity index (χ2n) is 3.50. The van der Waals surface area contributed by atoms with Crippen molar-refractivity contribution in [3.05, 3.63) is 48.2 Å². The van der Waals surface area contributed by atoms with Crippen LogP contribution in [0.1, 0.15) is 5.69 Å². The molecule has 0 atom stereocenters. The van der Waals surface area contributed by atoms with Crippen LogP contribution in [0.5, 0.6) is 5.88 Å². The van der Waals surface area contributed by atoms with Gasteiger partial charge >= 0.3 is 0 Å². The largest absolute Gasteiger partial charge is 0.481 e. The summed E-state index contributed by atoms with van der Waals surface area (Å²) in [5.41, 5.74) is 7.66. The molecule has 17 heavy (non-hydrogen) atoms. The number of hydrogen-bond acceptors (Lipinski definition) is 4. The van der Waals surface area contributed by atoms with E-state index in [1.807, 2.05) is 42.5 Å². The highest BCUT2D eigenvalue weighted by Crippen LogP contribution is 2.27. The fourth-order valence-electron chi connectivity index (χ4n) is 1.42.